The second-order valence-electron chi connectivity index (χ2n) is 0.697. The summed E-state index contributed by atoms with van der Waals surface area (Å²) in [7, 11) is 1.51. The van der Waals surface area contributed by atoms with Gasteiger partial charge in [-0.3, -0.25) is 0 Å². The van der Waals surface area contributed by atoms with Crippen LogP contribution in [0.1, 0.15) is 0 Å². The van der Waals surface area contributed by atoms with Crippen molar-refractivity contribution in [3.05, 3.63) is 0 Å². The van der Waals surface area contributed by atoms with Crippen molar-refractivity contribution < 1.29 is 39.4 Å². The van der Waals surface area contributed by atoms with Crippen molar-refractivity contribution in [1.82, 2.24) is 0 Å². The summed E-state index contributed by atoms with van der Waals surface area (Å²) in [6.07, 6.45) is 0. The largest absolute Gasteiger partial charge is 1.00 e. The van der Waals surface area contributed by atoms with E-state index in [-0.39, 0.29) is 53.5 Å². The molecule has 0 saturated heterocycles. The summed E-state index contributed by atoms with van der Waals surface area (Å²) in [5.41, 5.74) is 0. The van der Waals surface area contributed by atoms with Crippen LogP contribution in [0.25, 0.3) is 0 Å². The minimum absolute atomic E-state index is 0. The van der Waals surface area contributed by atoms with Crippen molar-refractivity contribution in [2.45, 2.75) is 0 Å². The van der Waals surface area contributed by atoms with Crippen LogP contribution < -0.4 is 34.7 Å². The molecule has 0 saturated carbocycles. The van der Waals surface area contributed by atoms with E-state index in [0.717, 1.165) is 0 Å². The summed E-state index contributed by atoms with van der Waals surface area (Å²) < 4.78 is 4.38. The molecular formula is C3H10AlNaO2. The van der Waals surface area contributed by atoms with Crippen LogP contribution >= 0.6 is 0 Å². The van der Waals surface area contributed by atoms with Crippen molar-refractivity contribution in [3.63, 3.8) is 0 Å². The Morgan fingerprint density at radius 2 is 2.00 bits per heavy atom. The number of rotatable bonds is 2. The molecule has 0 rings (SSSR count). The zero-order chi connectivity index (χ0) is 4.12. The maximum atomic E-state index is 9.40. The molecule has 0 fully saturated rings. The van der Waals surface area contributed by atoms with Crippen LogP contribution in [0.5, 0.6) is 0 Å². The fraction of sp³-hybridized carbons (Fsp3) is 1.00. The van der Waals surface area contributed by atoms with Crippen molar-refractivity contribution in [2.24, 2.45) is 0 Å². The van der Waals surface area contributed by atoms with Gasteiger partial charge in [-0.25, -0.2) is 0 Å². The third-order valence-corrected chi connectivity index (χ3v) is 0.287. The first kappa shape index (κ1) is 15.8. The molecule has 0 aliphatic rings. The molecule has 0 bridgehead atoms. The molecule has 0 radical (unpaired) electrons. The Morgan fingerprint density at radius 1 is 1.57 bits per heavy atom. The summed E-state index contributed by atoms with van der Waals surface area (Å²) in [6.45, 7) is 0.205. The van der Waals surface area contributed by atoms with Gasteiger partial charge in [0.15, 0.2) is 17.4 Å². The molecule has 38 valence electrons. The molecule has 2 nitrogen and oxygen atoms in total. The van der Waals surface area contributed by atoms with Crippen LogP contribution in [0, 0.1) is 0 Å². The zero-order valence-corrected chi connectivity index (χ0v) is 6.23. The van der Waals surface area contributed by atoms with Crippen molar-refractivity contribution in [3.8, 4) is 0 Å². The SMILES string of the molecule is COCC[O-].[AlH3].[Na+]. The average molecular weight is 128 g/mol. The fourth-order valence-corrected chi connectivity index (χ4v) is 0.0833. The van der Waals surface area contributed by atoms with Crippen LogP contribution in [0.3, 0.4) is 0 Å². The van der Waals surface area contributed by atoms with E-state index in [9.17, 15) is 5.11 Å². The molecule has 7 heavy (non-hydrogen) atoms. The van der Waals surface area contributed by atoms with Gasteiger partial charge in [-0.05, 0) is 0 Å². The van der Waals surface area contributed by atoms with E-state index in [1.54, 1.807) is 0 Å². The molecular weight excluding hydrogens is 118 g/mol. The van der Waals surface area contributed by atoms with Crippen molar-refractivity contribution >= 4 is 17.4 Å². The summed E-state index contributed by atoms with van der Waals surface area (Å²) in [5, 5.41) is 9.40. The fourth-order valence-electron chi connectivity index (χ4n) is 0.0833. The Labute approximate surface area is 76.7 Å². The van der Waals surface area contributed by atoms with Crippen molar-refractivity contribution in [1.29, 1.82) is 0 Å². The Kier molecular flexibility index (Phi) is 35.3. The standard InChI is InChI=1S/C3H7O2.Al.Na.3H/c1-5-3-2-4;;;;;/h2-3H2,1H3;;;;;/q-1;;+1;;;. The maximum Gasteiger partial charge on any atom is 1.00 e. The molecule has 0 heterocycles. The van der Waals surface area contributed by atoms with Gasteiger partial charge in [-0.1, -0.05) is 0 Å². The molecule has 0 N–H and O–H groups in total. The second kappa shape index (κ2) is 15.7. The summed E-state index contributed by atoms with van der Waals surface area (Å²) in [5.74, 6) is 0. The van der Waals surface area contributed by atoms with E-state index in [0.29, 0.717) is 6.61 Å². The maximum absolute atomic E-state index is 9.40. The topological polar surface area (TPSA) is 32.3 Å². The molecule has 0 aliphatic carbocycles. The molecule has 0 aromatic carbocycles. The molecule has 0 aliphatic heterocycles. The van der Waals surface area contributed by atoms with Crippen LogP contribution in [0.2, 0.25) is 0 Å². The molecule has 0 unspecified atom stereocenters. The van der Waals surface area contributed by atoms with Gasteiger partial charge in [0.1, 0.15) is 0 Å². The number of methoxy groups -OCH3 is 1. The van der Waals surface area contributed by atoms with E-state index >= 15 is 0 Å². The van der Waals surface area contributed by atoms with E-state index in [4.69, 9.17) is 0 Å². The summed E-state index contributed by atoms with van der Waals surface area (Å²) >= 11 is 0. The third-order valence-electron chi connectivity index (χ3n) is 0.287. The van der Waals surface area contributed by atoms with Gasteiger partial charge >= 0.3 is 29.6 Å². The smallest absolute Gasteiger partial charge is 0.853 e. The van der Waals surface area contributed by atoms with Gasteiger partial charge in [0.25, 0.3) is 0 Å². The van der Waals surface area contributed by atoms with Gasteiger partial charge in [-0.2, -0.15) is 0 Å². The normalized spacial score (nSPS) is 6.00. The van der Waals surface area contributed by atoms with Crippen LogP contribution in [0.15, 0.2) is 0 Å². The molecule has 0 aromatic heterocycles. The van der Waals surface area contributed by atoms with E-state index < -0.39 is 0 Å². The minimum Gasteiger partial charge on any atom is -0.853 e. The Balaban J connectivity index is -0.0000000800. The quantitative estimate of drug-likeness (QED) is 0.348. The van der Waals surface area contributed by atoms with Gasteiger partial charge < -0.3 is 9.84 Å². The van der Waals surface area contributed by atoms with Gasteiger partial charge in [0.2, 0.25) is 0 Å². The monoisotopic (exact) mass is 128 g/mol. The number of ether oxygens (including phenoxy) is 1. The van der Waals surface area contributed by atoms with E-state index in [1.807, 2.05) is 0 Å². The number of hydrogen-bond acceptors (Lipinski definition) is 2. The van der Waals surface area contributed by atoms with Gasteiger partial charge in [-0.15, -0.1) is 6.61 Å². The Morgan fingerprint density at radius 3 is 2.00 bits per heavy atom. The van der Waals surface area contributed by atoms with Crippen molar-refractivity contribution in [2.75, 3.05) is 20.3 Å². The van der Waals surface area contributed by atoms with Gasteiger partial charge in [0, 0.05) is 13.7 Å². The van der Waals surface area contributed by atoms with E-state index in [1.165, 1.54) is 7.11 Å². The van der Waals surface area contributed by atoms with Crippen LogP contribution in [0.4, 0.5) is 0 Å². The summed E-state index contributed by atoms with van der Waals surface area (Å²) in [4.78, 5) is 0. The first-order valence-corrected chi connectivity index (χ1v) is 1.49. The first-order valence-electron chi connectivity index (χ1n) is 1.49. The van der Waals surface area contributed by atoms with Gasteiger partial charge in [0.05, 0.1) is 0 Å². The first-order chi connectivity index (χ1) is 2.41. The third kappa shape index (κ3) is 18.6. The molecule has 0 aromatic rings. The van der Waals surface area contributed by atoms with E-state index in [2.05, 4.69) is 4.74 Å². The van der Waals surface area contributed by atoms with Crippen LogP contribution in [-0.4, -0.2) is 37.7 Å². The zero-order valence-electron chi connectivity index (χ0n) is 4.23. The predicted molar refractivity (Wildman–Crippen MR) is 26.7 cm³/mol. The Bertz CT molecular complexity index is 20.4. The predicted octanol–water partition coefficient (Wildman–Crippen LogP) is -5.19. The number of hydrogen-bond donors (Lipinski definition) is 0. The molecule has 0 atom stereocenters. The molecule has 0 spiro atoms. The molecule has 4 heteroatoms. The molecule has 0 amide bonds. The summed E-state index contributed by atoms with van der Waals surface area (Å²) in [6, 6.07) is 0. The van der Waals surface area contributed by atoms with Crippen LogP contribution in [-0.2, 0) is 4.74 Å². The Hall–Kier alpha value is 1.45. The average Bonchev–Trinajstić information content (AvgIpc) is 1.41. The second-order valence-corrected chi connectivity index (χ2v) is 0.697. The minimum atomic E-state index is -0.128.